The van der Waals surface area contributed by atoms with Gasteiger partial charge in [0, 0.05) is 5.92 Å². The average molecular weight is 194 g/mol. The summed E-state index contributed by atoms with van der Waals surface area (Å²) in [6.07, 6.45) is -0.305. The van der Waals surface area contributed by atoms with Crippen molar-refractivity contribution in [2.45, 2.75) is 12.1 Å². The summed E-state index contributed by atoms with van der Waals surface area (Å²) in [7, 11) is 1.58. The minimum absolute atomic E-state index is 0.238. The molecule has 0 N–H and O–H groups in total. The van der Waals surface area contributed by atoms with Crippen molar-refractivity contribution >= 4 is 6.29 Å². The lowest BCUT2D eigenvalue weighted by Crippen LogP contribution is -1.86. The lowest BCUT2D eigenvalue weighted by Gasteiger charge is -2.00. The maximum Gasteiger partial charge on any atom is 0.126 e. The summed E-state index contributed by atoms with van der Waals surface area (Å²) in [5.41, 5.74) is 0.871. The number of carbonyl (C=O) groups excluding carboxylic acids is 1. The van der Waals surface area contributed by atoms with Gasteiger partial charge in [-0.05, 0) is 17.7 Å². The topological polar surface area (TPSA) is 26.3 Å². The molecule has 0 aliphatic heterocycles. The highest BCUT2D eigenvalue weighted by Crippen LogP contribution is 2.49. The molecular formula is C11H11FO2. The largest absolute Gasteiger partial charge is 0.497 e. The van der Waals surface area contributed by atoms with Gasteiger partial charge in [0.05, 0.1) is 13.0 Å². The molecule has 0 bridgehead atoms. The summed E-state index contributed by atoms with van der Waals surface area (Å²) in [6.45, 7) is 0. The Morgan fingerprint density at radius 3 is 2.43 bits per heavy atom. The Balaban J connectivity index is 2.15. The van der Waals surface area contributed by atoms with E-state index in [2.05, 4.69) is 0 Å². The summed E-state index contributed by atoms with van der Waals surface area (Å²) >= 11 is 0. The first-order chi connectivity index (χ1) is 6.77. The quantitative estimate of drug-likeness (QED) is 0.687. The van der Waals surface area contributed by atoms with Crippen molar-refractivity contribution in [3.8, 4) is 5.75 Å². The van der Waals surface area contributed by atoms with Crippen LogP contribution in [0.2, 0.25) is 0 Å². The molecule has 1 fully saturated rings. The lowest BCUT2D eigenvalue weighted by molar-refractivity contribution is -0.109. The molecule has 1 aromatic carbocycles. The Morgan fingerprint density at radius 1 is 1.36 bits per heavy atom. The standard InChI is InChI=1S/C11H11FO2/c1-14-8-4-2-7(3-5-8)10-9(6-13)11(10)12/h2-6,9-11H,1H3/t9-,10-,11-/m1/s1. The van der Waals surface area contributed by atoms with Crippen LogP contribution in [0.5, 0.6) is 5.75 Å². The van der Waals surface area contributed by atoms with E-state index in [9.17, 15) is 9.18 Å². The van der Waals surface area contributed by atoms with Crippen LogP contribution >= 0.6 is 0 Å². The van der Waals surface area contributed by atoms with Crippen molar-refractivity contribution in [1.29, 1.82) is 0 Å². The first-order valence-corrected chi connectivity index (χ1v) is 4.51. The molecule has 0 radical (unpaired) electrons. The first-order valence-electron chi connectivity index (χ1n) is 4.51. The third kappa shape index (κ3) is 1.39. The number of benzene rings is 1. The number of alkyl halides is 1. The normalized spacial score (nSPS) is 29.7. The molecule has 0 aromatic heterocycles. The van der Waals surface area contributed by atoms with Gasteiger partial charge in [0.25, 0.3) is 0 Å². The van der Waals surface area contributed by atoms with Crippen LogP contribution in [0.4, 0.5) is 4.39 Å². The van der Waals surface area contributed by atoms with Gasteiger partial charge < -0.3 is 9.53 Å². The van der Waals surface area contributed by atoms with Crippen LogP contribution in [-0.4, -0.2) is 19.6 Å². The zero-order chi connectivity index (χ0) is 10.1. The molecule has 3 heteroatoms. The molecule has 3 atom stereocenters. The second-order valence-corrected chi connectivity index (χ2v) is 3.46. The Hall–Kier alpha value is -1.38. The van der Waals surface area contributed by atoms with E-state index in [1.165, 1.54) is 0 Å². The van der Waals surface area contributed by atoms with Crippen LogP contribution in [0.15, 0.2) is 24.3 Å². The van der Waals surface area contributed by atoms with E-state index in [0.29, 0.717) is 6.29 Å². The highest BCUT2D eigenvalue weighted by molar-refractivity contribution is 5.64. The Kier molecular flexibility index (Phi) is 2.23. The van der Waals surface area contributed by atoms with E-state index in [1.54, 1.807) is 31.4 Å². The van der Waals surface area contributed by atoms with Gasteiger partial charge >= 0.3 is 0 Å². The van der Waals surface area contributed by atoms with E-state index in [0.717, 1.165) is 11.3 Å². The first kappa shape index (κ1) is 9.19. The van der Waals surface area contributed by atoms with Gasteiger partial charge in [-0.25, -0.2) is 4.39 Å². The SMILES string of the molecule is COc1ccc([C@H]2[C@H](F)[C@@H]2C=O)cc1. The number of methoxy groups -OCH3 is 1. The van der Waals surface area contributed by atoms with Crippen molar-refractivity contribution in [1.82, 2.24) is 0 Å². The maximum atomic E-state index is 13.0. The number of hydrogen-bond acceptors (Lipinski definition) is 2. The Bertz CT molecular complexity index is 334. The fraction of sp³-hybridized carbons (Fsp3) is 0.364. The minimum atomic E-state index is -0.999. The van der Waals surface area contributed by atoms with E-state index >= 15 is 0 Å². The molecule has 1 aromatic rings. The Labute approximate surface area is 81.7 Å². The predicted molar refractivity (Wildman–Crippen MR) is 50.2 cm³/mol. The molecule has 74 valence electrons. The maximum absolute atomic E-state index is 13.0. The van der Waals surface area contributed by atoms with E-state index < -0.39 is 12.1 Å². The zero-order valence-electron chi connectivity index (χ0n) is 7.81. The molecule has 1 aliphatic rings. The molecule has 0 saturated heterocycles. The Morgan fingerprint density at radius 2 is 2.00 bits per heavy atom. The second-order valence-electron chi connectivity index (χ2n) is 3.46. The summed E-state index contributed by atoms with van der Waals surface area (Å²) in [5.74, 6) is 0.0641. The molecule has 0 heterocycles. The highest BCUT2D eigenvalue weighted by Gasteiger charge is 2.51. The number of ether oxygens (including phenoxy) is 1. The fourth-order valence-electron chi connectivity index (χ4n) is 1.69. The van der Waals surface area contributed by atoms with Crippen LogP contribution in [0.25, 0.3) is 0 Å². The predicted octanol–water partition coefficient (Wildman–Crippen LogP) is 1.95. The third-order valence-corrected chi connectivity index (χ3v) is 2.64. The van der Waals surface area contributed by atoms with Gasteiger partial charge in [0.2, 0.25) is 0 Å². The molecule has 0 amide bonds. The minimum Gasteiger partial charge on any atom is -0.497 e. The number of hydrogen-bond donors (Lipinski definition) is 0. The van der Waals surface area contributed by atoms with Gasteiger partial charge in [0.15, 0.2) is 0 Å². The second kappa shape index (κ2) is 3.40. The molecule has 0 spiro atoms. The van der Waals surface area contributed by atoms with Crippen molar-refractivity contribution in [3.63, 3.8) is 0 Å². The van der Waals surface area contributed by atoms with Crippen LogP contribution in [-0.2, 0) is 4.79 Å². The zero-order valence-corrected chi connectivity index (χ0v) is 7.81. The smallest absolute Gasteiger partial charge is 0.126 e. The third-order valence-electron chi connectivity index (χ3n) is 2.64. The van der Waals surface area contributed by atoms with Gasteiger partial charge in [-0.2, -0.15) is 0 Å². The summed E-state index contributed by atoms with van der Waals surface area (Å²) in [6, 6.07) is 7.17. The molecule has 2 rings (SSSR count). The van der Waals surface area contributed by atoms with E-state index in [4.69, 9.17) is 4.74 Å². The summed E-state index contributed by atoms with van der Waals surface area (Å²) in [4.78, 5) is 10.4. The number of rotatable bonds is 3. The van der Waals surface area contributed by atoms with Crippen LogP contribution < -0.4 is 4.74 Å². The van der Waals surface area contributed by atoms with Crippen LogP contribution in [0, 0.1) is 5.92 Å². The van der Waals surface area contributed by atoms with E-state index in [-0.39, 0.29) is 5.92 Å². The number of carbonyl (C=O) groups is 1. The van der Waals surface area contributed by atoms with Crippen molar-refractivity contribution in [2.75, 3.05) is 7.11 Å². The average Bonchev–Trinajstić information content (AvgIpc) is 2.89. The van der Waals surface area contributed by atoms with E-state index in [1.807, 2.05) is 0 Å². The van der Waals surface area contributed by atoms with Crippen LogP contribution in [0.3, 0.4) is 0 Å². The van der Waals surface area contributed by atoms with Gasteiger partial charge in [-0.3, -0.25) is 0 Å². The summed E-state index contributed by atoms with van der Waals surface area (Å²) < 4.78 is 18.0. The molecule has 14 heavy (non-hydrogen) atoms. The molecule has 2 nitrogen and oxygen atoms in total. The number of aldehydes is 1. The molecule has 1 saturated carbocycles. The van der Waals surface area contributed by atoms with Crippen LogP contribution in [0.1, 0.15) is 11.5 Å². The lowest BCUT2D eigenvalue weighted by atomic mass is 10.1. The van der Waals surface area contributed by atoms with Crippen molar-refractivity contribution in [2.24, 2.45) is 5.92 Å². The highest BCUT2D eigenvalue weighted by atomic mass is 19.1. The molecule has 1 aliphatic carbocycles. The monoisotopic (exact) mass is 194 g/mol. The molecule has 0 unspecified atom stereocenters. The van der Waals surface area contributed by atoms with Crippen molar-refractivity contribution in [3.05, 3.63) is 29.8 Å². The molecular weight excluding hydrogens is 183 g/mol. The van der Waals surface area contributed by atoms with Gasteiger partial charge in [-0.1, -0.05) is 12.1 Å². The van der Waals surface area contributed by atoms with Crippen molar-refractivity contribution < 1.29 is 13.9 Å². The van der Waals surface area contributed by atoms with Gasteiger partial charge in [-0.15, -0.1) is 0 Å². The fourth-order valence-corrected chi connectivity index (χ4v) is 1.69. The number of halogens is 1. The van der Waals surface area contributed by atoms with Gasteiger partial charge in [0.1, 0.15) is 18.2 Å². The summed E-state index contributed by atoms with van der Waals surface area (Å²) in [5, 5.41) is 0.